The van der Waals surface area contributed by atoms with Gasteiger partial charge in [0.05, 0.1) is 10.6 Å². The second kappa shape index (κ2) is 9.41. The summed E-state index contributed by atoms with van der Waals surface area (Å²) < 4.78 is 44.9. The largest absolute Gasteiger partial charge is 0.491 e. The maximum Gasteiger partial charge on any atom is 0.491 e. The first-order chi connectivity index (χ1) is 15.7. The van der Waals surface area contributed by atoms with Gasteiger partial charge in [0.25, 0.3) is 0 Å². The highest BCUT2D eigenvalue weighted by molar-refractivity contribution is 7.16. The van der Waals surface area contributed by atoms with Gasteiger partial charge in [-0.15, -0.1) is 22.7 Å². The summed E-state index contributed by atoms with van der Waals surface area (Å²) in [4.78, 5) is 41.1. The van der Waals surface area contributed by atoms with Crippen molar-refractivity contribution in [2.45, 2.75) is 19.1 Å². The van der Waals surface area contributed by atoms with Gasteiger partial charge in [0, 0.05) is 28.9 Å². The molecule has 3 aromatic rings. The Morgan fingerprint density at radius 1 is 1.15 bits per heavy atom. The van der Waals surface area contributed by atoms with Gasteiger partial charge in [-0.2, -0.15) is 13.2 Å². The average Bonchev–Trinajstić information content (AvgIpc) is 3.44. The third-order valence-electron chi connectivity index (χ3n) is 4.61. The molecule has 7 nitrogen and oxygen atoms in total. The molecule has 1 aliphatic rings. The number of thiophene rings is 1. The van der Waals surface area contributed by atoms with Crippen molar-refractivity contribution in [2.24, 2.45) is 0 Å². The van der Waals surface area contributed by atoms with Gasteiger partial charge in [-0.3, -0.25) is 4.79 Å². The van der Waals surface area contributed by atoms with Crippen LogP contribution in [0.2, 0.25) is 0 Å². The first-order valence-corrected chi connectivity index (χ1v) is 11.3. The van der Waals surface area contributed by atoms with Crippen LogP contribution in [-0.2, 0) is 27.3 Å². The predicted octanol–water partition coefficient (Wildman–Crippen LogP) is 3.76. The van der Waals surface area contributed by atoms with Crippen molar-refractivity contribution < 1.29 is 37.0 Å². The lowest BCUT2D eigenvalue weighted by atomic mass is 10.1. The van der Waals surface area contributed by atoms with Crippen molar-refractivity contribution in [3.63, 3.8) is 0 Å². The summed E-state index contributed by atoms with van der Waals surface area (Å²) in [5, 5.41) is 5.40. The van der Waals surface area contributed by atoms with Crippen LogP contribution in [0, 0.1) is 0 Å². The number of esters is 2. The summed E-state index contributed by atoms with van der Waals surface area (Å²) in [7, 11) is 0. The Balaban J connectivity index is 1.37. The second-order valence-electron chi connectivity index (χ2n) is 6.93. The van der Waals surface area contributed by atoms with Gasteiger partial charge < -0.3 is 14.8 Å². The van der Waals surface area contributed by atoms with Crippen molar-refractivity contribution in [1.29, 1.82) is 0 Å². The van der Waals surface area contributed by atoms with Crippen LogP contribution in [0.5, 0.6) is 5.75 Å². The van der Waals surface area contributed by atoms with Crippen molar-refractivity contribution in [3.05, 3.63) is 56.0 Å². The fourth-order valence-corrected chi connectivity index (χ4v) is 5.00. The first kappa shape index (κ1) is 23.1. The van der Waals surface area contributed by atoms with Gasteiger partial charge in [0.1, 0.15) is 5.75 Å². The van der Waals surface area contributed by atoms with Crippen LogP contribution in [-0.4, -0.2) is 42.0 Å². The summed E-state index contributed by atoms with van der Waals surface area (Å²) in [6, 6.07) is 8.13. The molecule has 1 N–H and O–H groups in total. The summed E-state index contributed by atoms with van der Waals surface area (Å²) in [5.41, 5.74) is 2.41. The van der Waals surface area contributed by atoms with Crippen LogP contribution >= 0.6 is 22.7 Å². The van der Waals surface area contributed by atoms with E-state index in [0.29, 0.717) is 21.1 Å². The zero-order valence-corrected chi connectivity index (χ0v) is 18.4. The van der Waals surface area contributed by atoms with Gasteiger partial charge in [-0.1, -0.05) is 0 Å². The molecule has 1 aromatic carbocycles. The quantitative estimate of drug-likeness (QED) is 0.316. The fourth-order valence-electron chi connectivity index (χ4n) is 3.04. The number of carbonyl (C=O) groups is 3. The number of hydrogen-bond acceptors (Lipinski definition) is 9. The molecule has 0 saturated carbocycles. The van der Waals surface area contributed by atoms with E-state index < -0.39 is 24.7 Å². The van der Waals surface area contributed by atoms with E-state index in [9.17, 15) is 27.6 Å². The Labute approximate surface area is 193 Å². The number of nitrogens with zero attached hydrogens (tertiary/aromatic N) is 1. The van der Waals surface area contributed by atoms with Gasteiger partial charge in [0.2, 0.25) is 5.78 Å². The molecule has 0 unspecified atom stereocenters. The lowest BCUT2D eigenvalue weighted by Gasteiger charge is -2.10. The zero-order chi connectivity index (χ0) is 23.6. The number of aromatic nitrogens is 1. The van der Waals surface area contributed by atoms with E-state index in [1.165, 1.54) is 39.7 Å². The molecule has 2 aromatic heterocycles. The topological polar surface area (TPSA) is 94.6 Å². The van der Waals surface area contributed by atoms with E-state index >= 15 is 0 Å². The number of thiazole rings is 1. The van der Waals surface area contributed by atoms with Crippen molar-refractivity contribution >= 4 is 40.4 Å². The summed E-state index contributed by atoms with van der Waals surface area (Å²) >= 11 is 2.73. The Morgan fingerprint density at radius 2 is 1.91 bits per heavy atom. The number of ether oxygens (including phenoxy) is 2. The number of fused-ring (bicyclic) bond motifs is 1. The number of hydrogen-bond donors (Lipinski definition) is 1. The standard InChI is InChI=1S/C21H15F3N2O5S2/c22-21(23,24)20(29)31-17(27)9-30-13-3-1-11(2-4-13)14-10-32-19(26-14)18(28)16-7-12-8-25-6-5-15(12)33-16/h1-4,7,10,25H,5-6,8-9H2. The SMILES string of the molecule is O=C(COc1ccc(-c2csc(C(=O)c3cc4c(s3)CCNC4)n2)cc1)OC(=O)C(F)(F)F. The molecule has 33 heavy (non-hydrogen) atoms. The summed E-state index contributed by atoms with van der Waals surface area (Å²) in [6.07, 6.45) is -4.35. The van der Waals surface area contributed by atoms with Crippen molar-refractivity contribution in [1.82, 2.24) is 10.3 Å². The summed E-state index contributed by atoms with van der Waals surface area (Å²) in [6.45, 7) is 0.791. The molecular formula is C21H15F3N2O5S2. The van der Waals surface area contributed by atoms with E-state index in [0.717, 1.165) is 25.1 Å². The van der Waals surface area contributed by atoms with Crippen LogP contribution in [0.25, 0.3) is 11.3 Å². The van der Waals surface area contributed by atoms with Gasteiger partial charge >= 0.3 is 18.1 Å². The molecule has 1 aliphatic heterocycles. The molecule has 0 atom stereocenters. The van der Waals surface area contributed by atoms with Crippen LogP contribution < -0.4 is 10.1 Å². The molecule has 0 amide bonds. The highest BCUT2D eigenvalue weighted by atomic mass is 32.1. The Kier molecular flexibility index (Phi) is 6.58. The third kappa shape index (κ3) is 5.46. The zero-order valence-electron chi connectivity index (χ0n) is 16.7. The molecule has 12 heteroatoms. The van der Waals surface area contributed by atoms with Crippen molar-refractivity contribution in [3.8, 4) is 17.0 Å². The fraction of sp³-hybridized carbons (Fsp3) is 0.238. The molecular weight excluding hydrogens is 481 g/mol. The highest BCUT2D eigenvalue weighted by Gasteiger charge is 2.42. The predicted molar refractivity (Wildman–Crippen MR) is 113 cm³/mol. The van der Waals surface area contributed by atoms with Crippen LogP contribution in [0.1, 0.15) is 25.1 Å². The first-order valence-electron chi connectivity index (χ1n) is 9.58. The van der Waals surface area contributed by atoms with E-state index in [1.54, 1.807) is 17.5 Å². The van der Waals surface area contributed by atoms with Crippen LogP contribution in [0.4, 0.5) is 13.2 Å². The summed E-state index contributed by atoms with van der Waals surface area (Å²) in [5.74, 6) is -4.01. The van der Waals surface area contributed by atoms with E-state index in [1.807, 2.05) is 6.07 Å². The minimum atomic E-state index is -5.26. The van der Waals surface area contributed by atoms with Gasteiger partial charge in [-0.25, -0.2) is 14.6 Å². The molecule has 4 rings (SSSR count). The number of nitrogens with one attached hydrogen (secondary N) is 1. The third-order valence-corrected chi connectivity index (χ3v) is 6.68. The number of alkyl halides is 3. The minimum absolute atomic E-state index is 0.127. The number of carbonyl (C=O) groups excluding carboxylic acids is 3. The maximum atomic E-state index is 12.8. The molecule has 0 radical (unpaired) electrons. The number of ketones is 1. The van der Waals surface area contributed by atoms with E-state index in [4.69, 9.17) is 4.74 Å². The average molecular weight is 496 g/mol. The molecule has 0 aliphatic carbocycles. The number of benzene rings is 1. The smallest absolute Gasteiger partial charge is 0.482 e. The van der Waals surface area contributed by atoms with Crippen molar-refractivity contribution in [2.75, 3.05) is 13.2 Å². The van der Waals surface area contributed by atoms with Gasteiger partial charge in [0.15, 0.2) is 11.6 Å². The minimum Gasteiger partial charge on any atom is -0.482 e. The second-order valence-corrected chi connectivity index (χ2v) is 8.92. The molecule has 0 saturated heterocycles. The number of rotatable bonds is 6. The lowest BCUT2D eigenvalue weighted by molar-refractivity contribution is -0.202. The number of halogens is 3. The van der Waals surface area contributed by atoms with Crippen LogP contribution in [0.3, 0.4) is 0 Å². The molecule has 172 valence electrons. The molecule has 0 spiro atoms. The Bertz CT molecular complexity index is 1180. The maximum absolute atomic E-state index is 12.8. The van der Waals surface area contributed by atoms with E-state index in [2.05, 4.69) is 15.0 Å². The molecule has 3 heterocycles. The van der Waals surface area contributed by atoms with Crippen LogP contribution in [0.15, 0.2) is 35.7 Å². The monoisotopic (exact) mass is 496 g/mol. The Hall–Kier alpha value is -3.09. The Morgan fingerprint density at radius 3 is 2.61 bits per heavy atom. The van der Waals surface area contributed by atoms with Gasteiger partial charge in [-0.05, 0) is 42.3 Å². The normalized spacial score (nSPS) is 13.3. The lowest BCUT2D eigenvalue weighted by Crippen LogP contribution is -2.30. The van der Waals surface area contributed by atoms with E-state index in [-0.39, 0.29) is 11.5 Å². The molecule has 0 bridgehead atoms. The molecule has 0 fully saturated rings. The highest BCUT2D eigenvalue weighted by Crippen LogP contribution is 2.30.